The molecule has 4 rings (SSSR count). The van der Waals surface area contributed by atoms with Gasteiger partial charge in [-0.05, 0) is 55.4 Å². The Hall–Kier alpha value is -2.11. The van der Waals surface area contributed by atoms with Gasteiger partial charge in [0.15, 0.2) is 0 Å². The number of carbonyl (C=O) groups excluding carboxylic acids is 1. The molecule has 0 aliphatic heterocycles. The van der Waals surface area contributed by atoms with E-state index in [4.69, 9.17) is 16.3 Å². The smallest absolute Gasteiger partial charge is 0.257 e. The Labute approximate surface area is 176 Å². The van der Waals surface area contributed by atoms with Crippen molar-refractivity contribution < 1.29 is 14.6 Å². The Morgan fingerprint density at radius 2 is 1.86 bits per heavy atom. The maximum atomic E-state index is 13.1. The SMILES string of the molecule is O=C(NC1CCCCC1O)c1cc(-c2ccc(Cl)cc2)cnc1OCC1CCC1. The normalized spacial score (nSPS) is 22.0. The average molecular weight is 415 g/mol. The van der Waals surface area contributed by atoms with Gasteiger partial charge < -0.3 is 15.2 Å². The number of aliphatic hydroxyl groups is 1. The second-order valence-electron chi connectivity index (χ2n) is 8.12. The maximum absolute atomic E-state index is 13.1. The van der Waals surface area contributed by atoms with Crippen LogP contribution in [0.3, 0.4) is 0 Å². The number of carbonyl (C=O) groups is 1. The van der Waals surface area contributed by atoms with Crippen LogP contribution < -0.4 is 10.1 Å². The molecular weight excluding hydrogens is 388 g/mol. The van der Waals surface area contributed by atoms with Crippen LogP contribution in [-0.2, 0) is 0 Å². The Morgan fingerprint density at radius 1 is 1.10 bits per heavy atom. The molecule has 0 bridgehead atoms. The van der Waals surface area contributed by atoms with E-state index in [0.717, 1.165) is 36.8 Å². The Kier molecular flexibility index (Phi) is 6.36. The van der Waals surface area contributed by atoms with E-state index in [2.05, 4.69) is 10.3 Å². The van der Waals surface area contributed by atoms with E-state index in [-0.39, 0.29) is 11.9 Å². The zero-order chi connectivity index (χ0) is 20.2. The summed E-state index contributed by atoms with van der Waals surface area (Å²) in [4.78, 5) is 17.5. The van der Waals surface area contributed by atoms with Gasteiger partial charge in [-0.2, -0.15) is 0 Å². The fourth-order valence-corrected chi connectivity index (χ4v) is 4.04. The number of ether oxygens (including phenoxy) is 1. The van der Waals surface area contributed by atoms with Gasteiger partial charge in [-0.25, -0.2) is 4.98 Å². The highest BCUT2D eigenvalue weighted by Crippen LogP contribution is 2.30. The van der Waals surface area contributed by atoms with E-state index in [9.17, 15) is 9.90 Å². The molecule has 1 aromatic heterocycles. The third-order valence-corrected chi connectivity index (χ3v) is 6.25. The van der Waals surface area contributed by atoms with Gasteiger partial charge in [-0.3, -0.25) is 4.79 Å². The molecule has 2 aromatic rings. The third kappa shape index (κ3) is 4.90. The van der Waals surface area contributed by atoms with Gasteiger partial charge in [-0.15, -0.1) is 0 Å². The lowest BCUT2D eigenvalue weighted by Gasteiger charge is -2.29. The van der Waals surface area contributed by atoms with Crippen LogP contribution in [0.25, 0.3) is 11.1 Å². The van der Waals surface area contributed by atoms with Crippen molar-refractivity contribution in [2.45, 2.75) is 57.1 Å². The van der Waals surface area contributed by atoms with Gasteiger partial charge in [0.1, 0.15) is 5.56 Å². The lowest BCUT2D eigenvalue weighted by atomic mass is 9.86. The van der Waals surface area contributed by atoms with E-state index >= 15 is 0 Å². The predicted molar refractivity (Wildman–Crippen MR) is 113 cm³/mol. The molecule has 2 atom stereocenters. The largest absolute Gasteiger partial charge is 0.477 e. The predicted octanol–water partition coefficient (Wildman–Crippen LogP) is 4.61. The number of pyridine rings is 1. The number of hydrogen-bond acceptors (Lipinski definition) is 4. The lowest BCUT2D eigenvalue weighted by molar-refractivity contribution is 0.0712. The third-order valence-electron chi connectivity index (χ3n) is 6.00. The van der Waals surface area contributed by atoms with Crippen molar-refractivity contribution in [2.24, 2.45) is 5.92 Å². The number of nitrogens with one attached hydrogen (secondary N) is 1. The van der Waals surface area contributed by atoms with E-state index < -0.39 is 6.10 Å². The van der Waals surface area contributed by atoms with Crippen LogP contribution >= 0.6 is 11.6 Å². The van der Waals surface area contributed by atoms with Gasteiger partial charge in [0, 0.05) is 16.8 Å². The monoisotopic (exact) mass is 414 g/mol. The highest BCUT2D eigenvalue weighted by atomic mass is 35.5. The summed E-state index contributed by atoms with van der Waals surface area (Å²) in [6.45, 7) is 0.583. The van der Waals surface area contributed by atoms with Crippen molar-refractivity contribution in [3.63, 3.8) is 0 Å². The summed E-state index contributed by atoms with van der Waals surface area (Å²) < 4.78 is 5.93. The summed E-state index contributed by atoms with van der Waals surface area (Å²) >= 11 is 5.99. The van der Waals surface area contributed by atoms with E-state index in [0.29, 0.717) is 29.0 Å². The van der Waals surface area contributed by atoms with Crippen molar-refractivity contribution >= 4 is 17.5 Å². The van der Waals surface area contributed by atoms with Crippen molar-refractivity contribution in [1.29, 1.82) is 0 Å². The summed E-state index contributed by atoms with van der Waals surface area (Å²) in [5.41, 5.74) is 2.17. The first-order chi connectivity index (χ1) is 14.1. The van der Waals surface area contributed by atoms with E-state index in [1.165, 1.54) is 19.3 Å². The molecule has 0 spiro atoms. The molecule has 0 radical (unpaired) electrons. The molecule has 2 unspecified atom stereocenters. The van der Waals surface area contributed by atoms with Crippen molar-refractivity contribution in [3.8, 4) is 17.0 Å². The zero-order valence-electron chi connectivity index (χ0n) is 16.4. The summed E-state index contributed by atoms with van der Waals surface area (Å²) in [6.07, 6.45) is 8.31. The lowest BCUT2D eigenvalue weighted by Crippen LogP contribution is -2.45. The minimum absolute atomic E-state index is 0.227. The quantitative estimate of drug-likeness (QED) is 0.723. The molecule has 2 aliphatic rings. The summed E-state index contributed by atoms with van der Waals surface area (Å²) in [6, 6.07) is 9.03. The fraction of sp³-hybridized carbons (Fsp3) is 0.478. The van der Waals surface area contributed by atoms with Crippen LogP contribution in [-0.4, -0.2) is 34.8 Å². The number of halogens is 1. The first kappa shape index (κ1) is 20.2. The topological polar surface area (TPSA) is 71.5 Å². The van der Waals surface area contributed by atoms with Gasteiger partial charge in [0.05, 0.1) is 18.8 Å². The van der Waals surface area contributed by atoms with Crippen LogP contribution in [0.5, 0.6) is 5.88 Å². The first-order valence-electron chi connectivity index (χ1n) is 10.5. The molecule has 29 heavy (non-hydrogen) atoms. The molecule has 2 saturated carbocycles. The molecule has 2 N–H and O–H groups in total. The van der Waals surface area contributed by atoms with Gasteiger partial charge >= 0.3 is 0 Å². The fourth-order valence-electron chi connectivity index (χ4n) is 3.91. The first-order valence-corrected chi connectivity index (χ1v) is 10.9. The standard InChI is InChI=1S/C23H27ClN2O3/c24-18-10-8-16(9-11-18)17-12-19(22(28)26-20-6-1-2-7-21(20)27)23(25-13-17)29-14-15-4-3-5-15/h8-13,15,20-21,27H,1-7,14H2,(H,26,28). The number of hydrogen-bond donors (Lipinski definition) is 2. The second kappa shape index (κ2) is 9.14. The number of benzene rings is 1. The highest BCUT2D eigenvalue weighted by Gasteiger charge is 2.27. The molecule has 1 amide bonds. The summed E-state index contributed by atoms with van der Waals surface area (Å²) in [5.74, 6) is 0.657. The Bertz CT molecular complexity index is 852. The number of nitrogens with zero attached hydrogens (tertiary/aromatic N) is 1. The molecule has 154 valence electrons. The maximum Gasteiger partial charge on any atom is 0.257 e. The van der Waals surface area contributed by atoms with Crippen LogP contribution in [0.4, 0.5) is 0 Å². The molecule has 6 heteroatoms. The average Bonchev–Trinajstić information content (AvgIpc) is 2.69. The van der Waals surface area contributed by atoms with Crippen LogP contribution in [0.1, 0.15) is 55.3 Å². The van der Waals surface area contributed by atoms with Gasteiger partial charge in [0.2, 0.25) is 5.88 Å². The minimum Gasteiger partial charge on any atom is -0.477 e. The van der Waals surface area contributed by atoms with E-state index in [1.807, 2.05) is 30.3 Å². The number of amides is 1. The molecule has 1 aromatic carbocycles. The van der Waals surface area contributed by atoms with Crippen molar-refractivity contribution in [1.82, 2.24) is 10.3 Å². The van der Waals surface area contributed by atoms with Gasteiger partial charge in [-0.1, -0.05) is 43.0 Å². The molecule has 1 heterocycles. The highest BCUT2D eigenvalue weighted by molar-refractivity contribution is 6.30. The molecule has 2 aliphatic carbocycles. The minimum atomic E-state index is -0.501. The van der Waals surface area contributed by atoms with E-state index in [1.54, 1.807) is 6.20 Å². The number of aliphatic hydroxyl groups excluding tert-OH is 1. The summed E-state index contributed by atoms with van der Waals surface area (Å²) in [7, 11) is 0. The second-order valence-corrected chi connectivity index (χ2v) is 8.56. The van der Waals surface area contributed by atoms with Gasteiger partial charge in [0.25, 0.3) is 5.91 Å². The Morgan fingerprint density at radius 3 is 2.55 bits per heavy atom. The van der Waals surface area contributed by atoms with Crippen LogP contribution in [0.2, 0.25) is 5.02 Å². The molecule has 5 nitrogen and oxygen atoms in total. The number of rotatable bonds is 6. The number of aromatic nitrogens is 1. The molecular formula is C23H27ClN2O3. The Balaban J connectivity index is 1.58. The zero-order valence-corrected chi connectivity index (χ0v) is 17.2. The van der Waals surface area contributed by atoms with Crippen LogP contribution in [0.15, 0.2) is 36.5 Å². The molecule has 0 saturated heterocycles. The van der Waals surface area contributed by atoms with Crippen molar-refractivity contribution in [2.75, 3.05) is 6.61 Å². The van der Waals surface area contributed by atoms with Crippen LogP contribution in [0, 0.1) is 5.92 Å². The summed E-state index contributed by atoms with van der Waals surface area (Å²) in [5, 5.41) is 13.9. The molecule has 2 fully saturated rings. The van der Waals surface area contributed by atoms with Crippen molar-refractivity contribution in [3.05, 3.63) is 47.1 Å².